The standard InChI is InChI=1S/C22H33N5O4.C2H6/c1-13-9-27(19-17(13)18(23)24-12-25-19)16-7-5-14(6-8-16)20-29-10-15(11-30-20)26-21(28)31-22(2,3)4;1-2/h9,12,14-16,20H,5-8,10-11H2,1-4H3,(H,26,28)(H2,23,24,25);1-2H3. The van der Waals surface area contributed by atoms with E-state index in [0.717, 1.165) is 42.3 Å². The summed E-state index contributed by atoms with van der Waals surface area (Å²) >= 11 is 0. The van der Waals surface area contributed by atoms with E-state index in [2.05, 4.69) is 33.0 Å². The lowest BCUT2D eigenvalue weighted by molar-refractivity contribution is -0.219. The first-order valence-electron chi connectivity index (χ1n) is 12.0. The fourth-order valence-corrected chi connectivity index (χ4v) is 4.58. The molecule has 1 saturated heterocycles. The molecule has 0 radical (unpaired) electrons. The molecular formula is C24H39N5O4. The maximum absolute atomic E-state index is 11.9. The summed E-state index contributed by atoms with van der Waals surface area (Å²) in [5.41, 5.74) is 7.56. The van der Waals surface area contributed by atoms with E-state index < -0.39 is 11.7 Å². The summed E-state index contributed by atoms with van der Waals surface area (Å²) in [7, 11) is 0. The summed E-state index contributed by atoms with van der Waals surface area (Å²) in [5, 5.41) is 3.77. The van der Waals surface area contributed by atoms with Crippen molar-refractivity contribution in [2.75, 3.05) is 18.9 Å². The van der Waals surface area contributed by atoms with Gasteiger partial charge < -0.3 is 29.8 Å². The van der Waals surface area contributed by atoms with Gasteiger partial charge in [-0.15, -0.1) is 0 Å². The quantitative estimate of drug-likeness (QED) is 0.699. The maximum atomic E-state index is 11.9. The van der Waals surface area contributed by atoms with E-state index in [0.29, 0.717) is 31.0 Å². The Hall–Kier alpha value is -2.39. The predicted octanol–water partition coefficient (Wildman–Crippen LogP) is 4.35. The highest BCUT2D eigenvalue weighted by Crippen LogP contribution is 2.38. The van der Waals surface area contributed by atoms with Gasteiger partial charge in [-0.05, 0) is 58.9 Å². The Bertz CT molecular complexity index is 923. The maximum Gasteiger partial charge on any atom is 0.408 e. The molecule has 0 atom stereocenters. The lowest BCUT2D eigenvalue weighted by Crippen LogP contribution is -2.50. The van der Waals surface area contributed by atoms with Crippen molar-refractivity contribution in [2.45, 2.75) is 91.2 Å². The van der Waals surface area contributed by atoms with Crippen molar-refractivity contribution in [3.05, 3.63) is 18.1 Å². The molecule has 9 heteroatoms. The SMILES string of the molecule is CC.Cc1cn(C2CCC(C3OCC(NC(=O)OC(C)(C)C)CO3)CC2)c2ncnc(N)c12. The molecule has 0 bridgehead atoms. The molecule has 1 amide bonds. The van der Waals surface area contributed by atoms with Gasteiger partial charge in [-0.1, -0.05) is 13.8 Å². The van der Waals surface area contributed by atoms with Gasteiger partial charge >= 0.3 is 6.09 Å². The summed E-state index contributed by atoms with van der Waals surface area (Å²) in [4.78, 5) is 20.5. The number of nitrogens with one attached hydrogen (secondary N) is 1. The minimum atomic E-state index is -0.525. The molecule has 2 aromatic heterocycles. The number of aromatic nitrogens is 3. The van der Waals surface area contributed by atoms with Gasteiger partial charge in [0.15, 0.2) is 6.29 Å². The zero-order valence-electron chi connectivity index (χ0n) is 20.8. The fourth-order valence-electron chi connectivity index (χ4n) is 4.58. The number of carbonyl (C=O) groups is 1. The van der Waals surface area contributed by atoms with Gasteiger partial charge in [0.05, 0.1) is 24.6 Å². The Balaban J connectivity index is 0.00000149. The predicted molar refractivity (Wildman–Crippen MR) is 128 cm³/mol. The first kappa shape index (κ1) is 25.2. The molecule has 2 aromatic rings. The number of anilines is 1. The molecule has 2 aliphatic rings. The van der Waals surface area contributed by atoms with Crippen LogP contribution in [0.4, 0.5) is 10.6 Å². The number of amides is 1. The number of ether oxygens (including phenoxy) is 3. The molecule has 4 rings (SSSR count). The van der Waals surface area contributed by atoms with Crippen LogP contribution >= 0.6 is 0 Å². The van der Waals surface area contributed by atoms with E-state index in [9.17, 15) is 4.79 Å². The third-order valence-electron chi connectivity index (χ3n) is 5.99. The van der Waals surface area contributed by atoms with Gasteiger partial charge in [-0.3, -0.25) is 0 Å². The monoisotopic (exact) mass is 461 g/mol. The normalized spacial score (nSPS) is 25.8. The van der Waals surface area contributed by atoms with Crippen LogP contribution in [0.1, 0.15) is 71.9 Å². The average Bonchev–Trinajstić information content (AvgIpc) is 3.12. The summed E-state index contributed by atoms with van der Waals surface area (Å²) in [5.74, 6) is 0.884. The topological polar surface area (TPSA) is 114 Å². The van der Waals surface area contributed by atoms with Crippen molar-refractivity contribution in [2.24, 2.45) is 5.92 Å². The molecule has 184 valence electrons. The number of nitrogens with zero attached hydrogens (tertiary/aromatic N) is 3. The van der Waals surface area contributed by atoms with Crippen LogP contribution in [-0.4, -0.2) is 51.8 Å². The Labute approximate surface area is 196 Å². The van der Waals surface area contributed by atoms with Crippen molar-refractivity contribution in [1.29, 1.82) is 0 Å². The zero-order valence-corrected chi connectivity index (χ0v) is 20.8. The second-order valence-corrected chi connectivity index (χ2v) is 9.62. The Morgan fingerprint density at radius 1 is 1.15 bits per heavy atom. The molecule has 0 spiro atoms. The van der Waals surface area contributed by atoms with E-state index in [1.807, 2.05) is 34.6 Å². The Morgan fingerprint density at radius 2 is 1.79 bits per heavy atom. The molecular weight excluding hydrogens is 422 g/mol. The molecule has 1 aliphatic carbocycles. The van der Waals surface area contributed by atoms with E-state index >= 15 is 0 Å². The van der Waals surface area contributed by atoms with Gasteiger partial charge in [0.2, 0.25) is 0 Å². The fraction of sp³-hybridized carbons (Fsp3) is 0.708. The Kier molecular flexibility index (Phi) is 8.18. The molecule has 1 saturated carbocycles. The van der Waals surface area contributed by atoms with Crippen molar-refractivity contribution in [3.63, 3.8) is 0 Å². The molecule has 33 heavy (non-hydrogen) atoms. The van der Waals surface area contributed by atoms with Crippen molar-refractivity contribution in [1.82, 2.24) is 19.9 Å². The van der Waals surface area contributed by atoms with Gasteiger partial charge in [-0.2, -0.15) is 0 Å². The van der Waals surface area contributed by atoms with E-state index in [-0.39, 0.29) is 12.3 Å². The highest BCUT2D eigenvalue weighted by atomic mass is 16.7. The van der Waals surface area contributed by atoms with Gasteiger partial charge in [0, 0.05) is 18.2 Å². The summed E-state index contributed by atoms with van der Waals surface area (Å²) in [6.07, 6.45) is 7.09. The number of nitrogens with two attached hydrogens (primary N) is 1. The minimum Gasteiger partial charge on any atom is -0.444 e. The van der Waals surface area contributed by atoms with Crippen LogP contribution in [-0.2, 0) is 14.2 Å². The highest BCUT2D eigenvalue weighted by Gasteiger charge is 2.34. The third-order valence-corrected chi connectivity index (χ3v) is 5.99. The molecule has 3 N–H and O–H groups in total. The summed E-state index contributed by atoms with van der Waals surface area (Å²) in [6.45, 7) is 12.4. The van der Waals surface area contributed by atoms with Crippen molar-refractivity contribution >= 4 is 22.9 Å². The van der Waals surface area contributed by atoms with Gasteiger partial charge in [0.1, 0.15) is 23.4 Å². The number of hydrogen-bond donors (Lipinski definition) is 2. The van der Waals surface area contributed by atoms with Crippen LogP contribution in [0.15, 0.2) is 12.5 Å². The largest absolute Gasteiger partial charge is 0.444 e. The third kappa shape index (κ3) is 6.14. The lowest BCUT2D eigenvalue weighted by Gasteiger charge is -2.38. The number of aryl methyl sites for hydroxylation is 1. The molecule has 1 aliphatic heterocycles. The highest BCUT2D eigenvalue weighted by molar-refractivity contribution is 5.89. The van der Waals surface area contributed by atoms with Crippen LogP contribution in [0.3, 0.4) is 0 Å². The number of hydrogen-bond acceptors (Lipinski definition) is 7. The second-order valence-electron chi connectivity index (χ2n) is 9.62. The minimum absolute atomic E-state index is 0.193. The van der Waals surface area contributed by atoms with Crippen molar-refractivity contribution in [3.8, 4) is 0 Å². The molecule has 0 aromatic carbocycles. The average molecular weight is 462 g/mol. The molecule has 3 heterocycles. The van der Waals surface area contributed by atoms with Crippen LogP contribution in [0.5, 0.6) is 0 Å². The Morgan fingerprint density at radius 3 is 2.39 bits per heavy atom. The lowest BCUT2D eigenvalue weighted by atomic mass is 9.85. The van der Waals surface area contributed by atoms with Crippen LogP contribution in [0.25, 0.3) is 11.0 Å². The summed E-state index contributed by atoms with van der Waals surface area (Å²) in [6, 6.07) is 0.189. The summed E-state index contributed by atoms with van der Waals surface area (Å²) < 4.78 is 19.5. The van der Waals surface area contributed by atoms with E-state index in [4.69, 9.17) is 19.9 Å². The first-order chi connectivity index (χ1) is 15.7. The number of nitrogen functional groups attached to an aromatic ring is 1. The van der Waals surface area contributed by atoms with Crippen molar-refractivity contribution < 1.29 is 19.0 Å². The first-order valence-corrected chi connectivity index (χ1v) is 12.0. The smallest absolute Gasteiger partial charge is 0.408 e. The number of fused-ring (bicyclic) bond motifs is 1. The molecule has 0 unspecified atom stereocenters. The number of alkyl carbamates (subject to hydrolysis) is 1. The van der Waals surface area contributed by atoms with Crippen LogP contribution in [0, 0.1) is 12.8 Å². The van der Waals surface area contributed by atoms with Crippen LogP contribution < -0.4 is 11.1 Å². The van der Waals surface area contributed by atoms with Gasteiger partial charge in [-0.25, -0.2) is 14.8 Å². The second kappa shape index (κ2) is 10.7. The molecule has 9 nitrogen and oxygen atoms in total. The number of carbonyl (C=O) groups excluding carboxylic acids is 1. The van der Waals surface area contributed by atoms with Crippen LogP contribution in [0.2, 0.25) is 0 Å². The zero-order chi connectivity index (χ0) is 24.2. The van der Waals surface area contributed by atoms with E-state index in [1.54, 1.807) is 0 Å². The van der Waals surface area contributed by atoms with Gasteiger partial charge in [0.25, 0.3) is 0 Å². The number of rotatable bonds is 3. The van der Waals surface area contributed by atoms with E-state index in [1.165, 1.54) is 6.33 Å². The molecule has 2 fully saturated rings.